The second kappa shape index (κ2) is 5.76. The Morgan fingerprint density at radius 3 is 2.67 bits per heavy atom. The van der Waals surface area contributed by atoms with Gasteiger partial charge in [0.2, 0.25) is 0 Å². The van der Waals surface area contributed by atoms with Gasteiger partial charge in [-0.3, -0.25) is 8.78 Å². The molecule has 0 radical (unpaired) electrons. The van der Waals surface area contributed by atoms with Crippen LogP contribution >= 0.6 is 11.6 Å². The molecule has 0 spiro atoms. The van der Waals surface area contributed by atoms with Crippen LogP contribution < -0.4 is 4.74 Å². The second-order valence-corrected chi connectivity index (χ2v) is 7.49. The lowest BCUT2D eigenvalue weighted by Gasteiger charge is -2.22. The van der Waals surface area contributed by atoms with Crippen LogP contribution in [-0.4, -0.2) is 20.0 Å². The van der Waals surface area contributed by atoms with Crippen LogP contribution in [0.5, 0.6) is 5.75 Å². The summed E-state index contributed by atoms with van der Waals surface area (Å²) in [5.41, 5.74) is 3.92. The van der Waals surface area contributed by atoms with Gasteiger partial charge in [0.1, 0.15) is 12.4 Å². The maximum Gasteiger partial charge on any atom is 0.152 e. The Labute approximate surface area is 147 Å². The summed E-state index contributed by atoms with van der Waals surface area (Å²) < 4.78 is 19.7. The molecule has 0 N–H and O–H groups in total. The average Bonchev–Trinajstić information content (AvgIpc) is 2.91. The Hall–Kier alpha value is -2.11. The number of aromatic nitrogens is 2. The molecule has 1 unspecified atom stereocenters. The number of nitrogens with zero attached hydrogens (tertiary/aromatic N) is 2. The van der Waals surface area contributed by atoms with E-state index in [0.29, 0.717) is 11.6 Å². The molecule has 0 amide bonds. The lowest BCUT2D eigenvalue weighted by molar-refractivity contribution is 0.279. The molecule has 0 saturated carbocycles. The fourth-order valence-corrected chi connectivity index (χ4v) is 3.66. The summed E-state index contributed by atoms with van der Waals surface area (Å²) in [5.74, 6) is 1.58. The number of fused-ring (bicyclic) bond motifs is 3. The summed E-state index contributed by atoms with van der Waals surface area (Å²) in [6, 6.07) is 13.4. The molecule has 2 aromatic carbocycles. The van der Waals surface area contributed by atoms with Crippen LogP contribution in [0, 0.1) is 6.92 Å². The van der Waals surface area contributed by atoms with Gasteiger partial charge in [0, 0.05) is 32.5 Å². The quantitative estimate of drug-likeness (QED) is 0.691. The topological polar surface area (TPSA) is 44.1 Å². The summed E-state index contributed by atoms with van der Waals surface area (Å²) in [6.07, 6.45) is 1.66. The minimum absolute atomic E-state index is 0.390. The fraction of sp³-hybridized carbons (Fsp3) is 0.167. The van der Waals surface area contributed by atoms with Crippen LogP contribution in [0.2, 0.25) is 5.02 Å². The zero-order chi connectivity index (χ0) is 16.8. The molecule has 2 heterocycles. The average molecular weight is 359 g/mol. The van der Waals surface area contributed by atoms with Gasteiger partial charge < -0.3 is 4.74 Å². The van der Waals surface area contributed by atoms with E-state index in [2.05, 4.69) is 9.55 Å². The Balaban J connectivity index is 1.93. The largest absolute Gasteiger partial charge is 0.483 e. The molecular weight excluding hydrogens is 344 g/mol. The number of benzene rings is 2. The van der Waals surface area contributed by atoms with Crippen molar-refractivity contribution in [1.29, 1.82) is 0 Å². The summed E-state index contributed by atoms with van der Waals surface area (Å²) in [5, 5.41) is 0.702. The summed E-state index contributed by atoms with van der Waals surface area (Å²) in [4.78, 5) is 5.40. The van der Waals surface area contributed by atoms with Crippen molar-refractivity contribution < 1.29 is 8.95 Å². The lowest BCUT2D eigenvalue weighted by atomic mass is 10.1. The Bertz CT molecular complexity index is 964. The van der Waals surface area contributed by atoms with Crippen molar-refractivity contribution in [2.24, 2.45) is 0 Å². The number of imidazole rings is 1. The number of ether oxygens (including phenoxy) is 1. The lowest BCUT2D eigenvalue weighted by Crippen LogP contribution is -2.14. The summed E-state index contributed by atoms with van der Waals surface area (Å²) in [6.45, 7) is 2.38. The van der Waals surface area contributed by atoms with E-state index in [1.54, 1.807) is 6.26 Å². The first-order valence-electron chi connectivity index (χ1n) is 7.49. The van der Waals surface area contributed by atoms with E-state index in [9.17, 15) is 4.21 Å². The zero-order valence-corrected chi connectivity index (χ0v) is 14.8. The molecule has 122 valence electrons. The molecule has 0 bridgehead atoms. The molecule has 0 saturated heterocycles. The summed E-state index contributed by atoms with van der Waals surface area (Å²) in [7, 11) is -1.04. The van der Waals surface area contributed by atoms with E-state index in [1.165, 1.54) is 0 Å². The van der Waals surface area contributed by atoms with E-state index < -0.39 is 10.8 Å². The molecule has 1 aromatic heterocycles. The number of hydrogen-bond donors (Lipinski definition) is 0. The minimum Gasteiger partial charge on any atom is -0.483 e. The molecule has 1 aliphatic rings. The number of aryl methyl sites for hydroxylation is 1. The smallest absolute Gasteiger partial charge is 0.152 e. The van der Waals surface area contributed by atoms with Gasteiger partial charge in [-0.25, -0.2) is 4.98 Å². The molecule has 3 aromatic rings. The van der Waals surface area contributed by atoms with Gasteiger partial charge in [-0.1, -0.05) is 23.7 Å². The third-order valence-electron chi connectivity index (χ3n) is 4.10. The Morgan fingerprint density at radius 1 is 1.21 bits per heavy atom. The predicted molar refractivity (Wildman–Crippen MR) is 95.4 cm³/mol. The number of rotatable bonds is 2. The molecular formula is C18H15ClN2O2S. The van der Waals surface area contributed by atoms with Crippen molar-refractivity contribution in [3.8, 4) is 22.7 Å². The van der Waals surface area contributed by atoms with E-state index in [4.69, 9.17) is 16.3 Å². The van der Waals surface area contributed by atoms with Crippen molar-refractivity contribution in [3.63, 3.8) is 0 Å². The summed E-state index contributed by atoms with van der Waals surface area (Å²) >= 11 is 6.01. The Morgan fingerprint density at radius 2 is 1.96 bits per heavy atom. The third-order valence-corrected chi connectivity index (χ3v) is 5.27. The molecule has 0 aliphatic carbocycles. The van der Waals surface area contributed by atoms with Crippen molar-refractivity contribution >= 4 is 22.4 Å². The maximum atomic E-state index is 11.7. The molecule has 6 heteroatoms. The SMILES string of the molecule is Cc1nc2n(c1-c1ccc(Cl)cc1)-c1ccc(S(C)=O)cc1OC2. The molecule has 4 nitrogen and oxygen atoms in total. The molecule has 0 fully saturated rings. The highest BCUT2D eigenvalue weighted by Crippen LogP contribution is 2.37. The van der Waals surface area contributed by atoms with E-state index >= 15 is 0 Å². The molecule has 24 heavy (non-hydrogen) atoms. The van der Waals surface area contributed by atoms with Crippen LogP contribution in [-0.2, 0) is 17.4 Å². The number of halogens is 1. The molecule has 4 rings (SSSR count). The zero-order valence-electron chi connectivity index (χ0n) is 13.2. The minimum atomic E-state index is -1.04. The van der Waals surface area contributed by atoms with Crippen molar-refractivity contribution in [2.45, 2.75) is 18.4 Å². The first kappa shape index (κ1) is 15.4. The highest BCUT2D eigenvalue weighted by atomic mass is 35.5. The van der Waals surface area contributed by atoms with E-state index in [1.807, 2.05) is 49.4 Å². The van der Waals surface area contributed by atoms with Crippen LogP contribution in [0.1, 0.15) is 11.5 Å². The predicted octanol–water partition coefficient (Wildman–Crippen LogP) is 4.13. The second-order valence-electron chi connectivity index (χ2n) is 5.68. The van der Waals surface area contributed by atoms with Crippen LogP contribution in [0.4, 0.5) is 0 Å². The van der Waals surface area contributed by atoms with E-state index in [0.717, 1.165) is 39.1 Å². The van der Waals surface area contributed by atoms with Gasteiger partial charge in [-0.15, -0.1) is 0 Å². The highest BCUT2D eigenvalue weighted by molar-refractivity contribution is 7.84. The van der Waals surface area contributed by atoms with Crippen LogP contribution in [0.3, 0.4) is 0 Å². The van der Waals surface area contributed by atoms with Crippen LogP contribution in [0.15, 0.2) is 47.4 Å². The van der Waals surface area contributed by atoms with Gasteiger partial charge in [-0.05, 0) is 37.3 Å². The van der Waals surface area contributed by atoms with Crippen molar-refractivity contribution in [1.82, 2.24) is 9.55 Å². The van der Waals surface area contributed by atoms with E-state index in [-0.39, 0.29) is 0 Å². The third kappa shape index (κ3) is 2.44. The normalized spacial score (nSPS) is 13.8. The number of hydrogen-bond acceptors (Lipinski definition) is 3. The molecule has 1 atom stereocenters. The van der Waals surface area contributed by atoms with Gasteiger partial charge in [-0.2, -0.15) is 0 Å². The monoisotopic (exact) mass is 358 g/mol. The Kier molecular flexibility index (Phi) is 3.70. The van der Waals surface area contributed by atoms with Gasteiger partial charge >= 0.3 is 0 Å². The van der Waals surface area contributed by atoms with Gasteiger partial charge in [0.15, 0.2) is 5.82 Å². The standard InChI is InChI=1S/C18H15ClN2O2S/c1-11-18(12-3-5-13(19)6-4-12)21-15-8-7-14(24(2)22)9-16(15)23-10-17(21)20-11/h3-9H,10H2,1-2H3. The van der Waals surface area contributed by atoms with Crippen molar-refractivity contribution in [2.75, 3.05) is 6.26 Å². The highest BCUT2D eigenvalue weighted by Gasteiger charge is 2.24. The van der Waals surface area contributed by atoms with Gasteiger partial charge in [0.05, 0.1) is 17.1 Å². The first-order chi connectivity index (χ1) is 11.5. The van der Waals surface area contributed by atoms with Crippen LogP contribution in [0.25, 0.3) is 16.9 Å². The maximum absolute atomic E-state index is 11.7. The molecule has 1 aliphatic heterocycles. The first-order valence-corrected chi connectivity index (χ1v) is 9.43. The fourth-order valence-electron chi connectivity index (χ4n) is 3.01. The van der Waals surface area contributed by atoms with Crippen molar-refractivity contribution in [3.05, 3.63) is 59.0 Å². The van der Waals surface area contributed by atoms with Gasteiger partial charge in [0.25, 0.3) is 0 Å².